The van der Waals surface area contributed by atoms with Gasteiger partial charge in [0, 0.05) is 0 Å². The first kappa shape index (κ1) is 13.4. The molecule has 1 aliphatic heterocycles. The SMILES string of the molecule is Bc1nc(N)c2nc(B)n(C3OC(B)C(O)C3O)c2n1. The van der Waals surface area contributed by atoms with Crippen LogP contribution in [0.4, 0.5) is 5.82 Å². The number of nitrogens with two attached hydrogens (primary N) is 1. The lowest BCUT2D eigenvalue weighted by Gasteiger charge is -2.18. The number of rotatable bonds is 1. The molecule has 0 aromatic carbocycles. The first-order valence-corrected chi connectivity index (χ1v) is 6.40. The summed E-state index contributed by atoms with van der Waals surface area (Å²) in [5.74, 6) is 0.287. The van der Waals surface area contributed by atoms with Crippen molar-refractivity contribution < 1.29 is 14.9 Å². The highest BCUT2D eigenvalue weighted by Crippen LogP contribution is 2.29. The number of anilines is 1. The third kappa shape index (κ3) is 1.81. The fraction of sp³-hybridized carbons (Fsp3) is 0.444. The molecule has 11 heteroatoms. The van der Waals surface area contributed by atoms with Gasteiger partial charge in [-0.3, -0.25) is 4.57 Å². The van der Waals surface area contributed by atoms with E-state index in [0.29, 0.717) is 22.6 Å². The monoisotopic (exact) mass is 273 g/mol. The van der Waals surface area contributed by atoms with Crippen LogP contribution >= 0.6 is 0 Å². The zero-order valence-electron chi connectivity index (χ0n) is 11.5. The predicted octanol–water partition coefficient (Wildman–Crippen LogP) is -5.86. The molecule has 3 rings (SSSR count). The van der Waals surface area contributed by atoms with Gasteiger partial charge in [-0.1, -0.05) is 0 Å². The van der Waals surface area contributed by atoms with Gasteiger partial charge in [-0.05, 0) is 0 Å². The number of fused-ring (bicyclic) bond motifs is 1. The van der Waals surface area contributed by atoms with Gasteiger partial charge in [-0.2, -0.15) is 0 Å². The Morgan fingerprint density at radius 3 is 2.45 bits per heavy atom. The fourth-order valence-electron chi connectivity index (χ4n) is 2.56. The second kappa shape index (κ2) is 4.47. The van der Waals surface area contributed by atoms with Crippen LogP contribution in [0.2, 0.25) is 0 Å². The Bertz CT molecular complexity index is 680. The molecule has 20 heavy (non-hydrogen) atoms. The minimum atomic E-state index is -1.04. The Morgan fingerprint density at radius 2 is 1.85 bits per heavy atom. The zero-order chi connectivity index (χ0) is 14.6. The molecule has 2 aromatic heterocycles. The lowest BCUT2D eigenvalue weighted by atomic mass is 9.93. The molecule has 4 unspecified atom stereocenters. The summed E-state index contributed by atoms with van der Waals surface area (Å²) in [7, 11) is 5.20. The zero-order valence-corrected chi connectivity index (χ0v) is 11.5. The Morgan fingerprint density at radius 1 is 1.15 bits per heavy atom. The van der Waals surface area contributed by atoms with Gasteiger partial charge >= 0.3 is 0 Å². The van der Waals surface area contributed by atoms with Gasteiger partial charge in [0.05, 0.1) is 17.5 Å². The van der Waals surface area contributed by atoms with E-state index in [1.807, 2.05) is 0 Å². The number of aliphatic hydroxyl groups is 2. The van der Waals surface area contributed by atoms with Crippen molar-refractivity contribution in [3.8, 4) is 0 Å². The van der Waals surface area contributed by atoms with Crippen LogP contribution in [0.5, 0.6) is 0 Å². The molecule has 1 aliphatic rings. The van der Waals surface area contributed by atoms with Gasteiger partial charge in [-0.15, -0.1) is 0 Å². The summed E-state index contributed by atoms with van der Waals surface area (Å²) < 4.78 is 7.27. The van der Waals surface area contributed by atoms with Crippen molar-refractivity contribution in [2.24, 2.45) is 0 Å². The second-order valence-corrected chi connectivity index (χ2v) is 5.07. The maximum absolute atomic E-state index is 10.1. The van der Waals surface area contributed by atoms with Crippen molar-refractivity contribution >= 4 is 52.0 Å². The summed E-state index contributed by atoms with van der Waals surface area (Å²) in [6.45, 7) is 0. The summed E-state index contributed by atoms with van der Waals surface area (Å²) >= 11 is 0. The highest BCUT2D eigenvalue weighted by molar-refractivity contribution is 6.31. The van der Waals surface area contributed by atoms with Crippen molar-refractivity contribution in [3.63, 3.8) is 0 Å². The number of hydrogen-bond acceptors (Lipinski definition) is 7. The van der Waals surface area contributed by atoms with Crippen molar-refractivity contribution in [2.75, 3.05) is 5.73 Å². The Kier molecular flexibility index (Phi) is 3.00. The van der Waals surface area contributed by atoms with Crippen LogP contribution in [0, 0.1) is 0 Å². The number of imidazole rings is 1. The van der Waals surface area contributed by atoms with Crippen LogP contribution in [-0.4, -0.2) is 71.5 Å². The molecule has 0 radical (unpaired) electrons. The minimum Gasteiger partial charge on any atom is -0.388 e. The van der Waals surface area contributed by atoms with Crippen LogP contribution in [0.15, 0.2) is 0 Å². The summed E-state index contributed by atoms with van der Waals surface area (Å²) in [6.07, 6.45) is -2.73. The van der Waals surface area contributed by atoms with E-state index in [0.717, 1.165) is 0 Å². The van der Waals surface area contributed by atoms with Crippen LogP contribution in [0.25, 0.3) is 11.2 Å². The Hall–Kier alpha value is -1.58. The van der Waals surface area contributed by atoms with E-state index in [1.54, 1.807) is 28.1 Å². The lowest BCUT2D eigenvalue weighted by molar-refractivity contribution is -0.0183. The van der Waals surface area contributed by atoms with Gasteiger partial charge in [0.25, 0.3) is 0 Å². The number of aromatic nitrogens is 4. The Balaban J connectivity index is 2.19. The molecule has 8 nitrogen and oxygen atoms in total. The van der Waals surface area contributed by atoms with Crippen LogP contribution in [0.3, 0.4) is 0 Å². The Labute approximate surface area is 117 Å². The number of hydrogen-bond donors (Lipinski definition) is 3. The predicted molar refractivity (Wildman–Crippen MR) is 80.6 cm³/mol. The largest absolute Gasteiger partial charge is 0.388 e. The van der Waals surface area contributed by atoms with Gasteiger partial charge in [-0.25, -0.2) is 15.0 Å². The fourth-order valence-corrected chi connectivity index (χ4v) is 2.56. The third-order valence-corrected chi connectivity index (χ3v) is 3.59. The van der Waals surface area contributed by atoms with E-state index in [1.165, 1.54) is 0 Å². The molecule has 0 bridgehead atoms. The molecule has 4 atom stereocenters. The molecule has 0 amide bonds. The van der Waals surface area contributed by atoms with Gasteiger partial charge in [0.1, 0.15) is 25.6 Å². The topological polar surface area (TPSA) is 119 Å². The molecule has 0 aliphatic carbocycles. The van der Waals surface area contributed by atoms with Gasteiger partial charge in [0.2, 0.25) is 0 Å². The standard InChI is InChI=1S/C9H14B3N5O3/c10-4-2(18)3(19)7(20-4)17-6-1(14-9(17)12)5(13)15-8(11)16-6/h2-4,7,18-19H,10-12H2,(H2,13,15,16). The van der Waals surface area contributed by atoms with Crippen molar-refractivity contribution in [3.05, 3.63) is 0 Å². The molecule has 1 fully saturated rings. The van der Waals surface area contributed by atoms with Gasteiger partial charge in [0.15, 0.2) is 33.4 Å². The number of nitrogen functional groups attached to an aromatic ring is 1. The molecule has 0 spiro atoms. The van der Waals surface area contributed by atoms with Crippen LogP contribution < -0.4 is 17.2 Å². The molecule has 1 saturated heterocycles. The highest BCUT2D eigenvalue weighted by Gasteiger charge is 2.42. The number of ether oxygens (including phenoxy) is 1. The first-order valence-electron chi connectivity index (χ1n) is 6.40. The average Bonchev–Trinajstić information content (AvgIpc) is 2.82. The lowest BCUT2D eigenvalue weighted by Crippen LogP contribution is -2.34. The molecular formula is C9H14B3N5O3. The van der Waals surface area contributed by atoms with Crippen molar-refractivity contribution in [2.45, 2.75) is 24.4 Å². The molecule has 2 aromatic rings. The van der Waals surface area contributed by atoms with E-state index < -0.39 is 24.4 Å². The molecule has 3 heterocycles. The molecule has 0 saturated carbocycles. The van der Waals surface area contributed by atoms with E-state index in [2.05, 4.69) is 15.0 Å². The average molecular weight is 273 g/mol. The van der Waals surface area contributed by atoms with Crippen molar-refractivity contribution in [1.29, 1.82) is 0 Å². The maximum Gasteiger partial charge on any atom is 0.189 e. The third-order valence-electron chi connectivity index (χ3n) is 3.59. The normalized spacial score (nSPS) is 30.1. The molecular weight excluding hydrogens is 259 g/mol. The minimum absolute atomic E-state index is 0.287. The number of nitrogens with zero attached hydrogens (tertiary/aromatic N) is 4. The molecule has 102 valence electrons. The van der Waals surface area contributed by atoms with Gasteiger partial charge < -0.3 is 20.7 Å². The summed E-state index contributed by atoms with van der Waals surface area (Å²) in [4.78, 5) is 12.7. The molecule has 4 N–H and O–H groups in total. The van der Waals surface area contributed by atoms with E-state index in [-0.39, 0.29) is 5.82 Å². The summed E-state index contributed by atoms with van der Waals surface area (Å²) in [5, 5.41) is 20.0. The summed E-state index contributed by atoms with van der Waals surface area (Å²) in [5.41, 5.74) is 7.92. The second-order valence-electron chi connectivity index (χ2n) is 5.07. The quantitative estimate of drug-likeness (QED) is 0.442. The van der Waals surface area contributed by atoms with E-state index in [4.69, 9.17) is 10.5 Å². The van der Waals surface area contributed by atoms with Crippen molar-refractivity contribution in [1.82, 2.24) is 19.5 Å². The van der Waals surface area contributed by atoms with Crippen LogP contribution in [0.1, 0.15) is 6.23 Å². The smallest absolute Gasteiger partial charge is 0.189 e. The highest BCUT2D eigenvalue weighted by atomic mass is 16.6. The summed E-state index contributed by atoms with van der Waals surface area (Å²) in [6, 6.07) is -0.466. The van der Waals surface area contributed by atoms with Crippen LogP contribution in [-0.2, 0) is 4.74 Å². The maximum atomic E-state index is 10.1. The first-order chi connectivity index (χ1) is 9.40. The van der Waals surface area contributed by atoms with E-state index in [9.17, 15) is 10.2 Å². The number of aliphatic hydroxyl groups excluding tert-OH is 2. The van der Waals surface area contributed by atoms with E-state index >= 15 is 0 Å².